The molecule has 6 heteroatoms. The minimum atomic E-state index is -0.706. The predicted molar refractivity (Wildman–Crippen MR) is 61.7 cm³/mol. The number of pyridine rings is 1. The molecule has 0 saturated heterocycles. The first-order chi connectivity index (χ1) is 8.63. The first-order valence-corrected chi connectivity index (χ1v) is 4.98. The van der Waals surface area contributed by atoms with Crippen molar-refractivity contribution in [3.8, 4) is 11.3 Å². The average Bonchev–Trinajstić information content (AvgIpc) is 2.38. The van der Waals surface area contributed by atoms with E-state index in [4.69, 9.17) is 0 Å². The normalized spacial score (nSPS) is 10.1. The molecular weight excluding hydrogens is 239 g/mol. The Bertz CT molecular complexity index is 628. The highest BCUT2D eigenvalue weighted by atomic mass is 19.1. The van der Waals surface area contributed by atoms with Gasteiger partial charge in [0.1, 0.15) is 12.0 Å². The van der Waals surface area contributed by atoms with Gasteiger partial charge in [-0.2, -0.15) is 0 Å². The number of aldehydes is 1. The summed E-state index contributed by atoms with van der Waals surface area (Å²) >= 11 is 0. The lowest BCUT2D eigenvalue weighted by atomic mass is 10.1. The monoisotopic (exact) mass is 246 g/mol. The largest absolute Gasteiger partial charge is 0.298 e. The van der Waals surface area contributed by atoms with Crippen LogP contribution in [-0.4, -0.2) is 16.2 Å². The fraction of sp³-hybridized carbons (Fsp3) is 0. The fourth-order valence-corrected chi connectivity index (χ4v) is 1.53. The number of rotatable bonds is 3. The van der Waals surface area contributed by atoms with Gasteiger partial charge in [-0.15, -0.1) is 0 Å². The van der Waals surface area contributed by atoms with Crippen LogP contribution in [0, 0.1) is 15.9 Å². The second-order valence-corrected chi connectivity index (χ2v) is 3.48. The third-order valence-corrected chi connectivity index (χ3v) is 2.39. The maximum absolute atomic E-state index is 13.5. The van der Waals surface area contributed by atoms with Gasteiger partial charge in [0.25, 0.3) is 5.69 Å². The molecule has 0 aliphatic heterocycles. The molecule has 0 saturated carbocycles. The van der Waals surface area contributed by atoms with E-state index in [9.17, 15) is 19.3 Å². The quantitative estimate of drug-likeness (QED) is 0.474. The molecule has 0 fully saturated rings. The number of aromatic nitrogens is 1. The molecule has 0 radical (unpaired) electrons. The second-order valence-electron chi connectivity index (χ2n) is 3.48. The van der Waals surface area contributed by atoms with E-state index in [-0.39, 0.29) is 16.8 Å². The molecule has 1 aromatic heterocycles. The SMILES string of the molecule is O=Cc1cc(-c2ccccc2F)ncc1[N+](=O)[O-]. The van der Waals surface area contributed by atoms with E-state index in [1.54, 1.807) is 6.07 Å². The number of carbonyl (C=O) groups excluding carboxylic acids is 1. The Labute approximate surface area is 101 Å². The molecular formula is C12H7FN2O3. The van der Waals surface area contributed by atoms with Crippen molar-refractivity contribution in [2.24, 2.45) is 0 Å². The number of hydrogen-bond acceptors (Lipinski definition) is 4. The van der Waals surface area contributed by atoms with Gasteiger partial charge in [0.15, 0.2) is 6.29 Å². The molecule has 2 aromatic rings. The van der Waals surface area contributed by atoms with Crippen LogP contribution in [-0.2, 0) is 0 Å². The highest BCUT2D eigenvalue weighted by Gasteiger charge is 2.16. The van der Waals surface area contributed by atoms with Crippen LogP contribution in [0.5, 0.6) is 0 Å². The topological polar surface area (TPSA) is 73.1 Å². The maximum atomic E-state index is 13.5. The van der Waals surface area contributed by atoms with Crippen molar-refractivity contribution < 1.29 is 14.1 Å². The Morgan fingerprint density at radius 1 is 1.33 bits per heavy atom. The Kier molecular flexibility index (Phi) is 3.09. The molecule has 1 aromatic carbocycles. The first kappa shape index (κ1) is 11.8. The van der Waals surface area contributed by atoms with Crippen molar-refractivity contribution in [3.05, 3.63) is 58.0 Å². The highest BCUT2D eigenvalue weighted by Crippen LogP contribution is 2.24. The lowest BCUT2D eigenvalue weighted by molar-refractivity contribution is -0.385. The van der Waals surface area contributed by atoms with E-state index >= 15 is 0 Å². The number of halogens is 1. The van der Waals surface area contributed by atoms with Gasteiger partial charge in [0.2, 0.25) is 0 Å². The molecule has 2 rings (SSSR count). The van der Waals surface area contributed by atoms with E-state index in [1.807, 2.05) is 0 Å². The van der Waals surface area contributed by atoms with Gasteiger partial charge in [0.05, 0.1) is 16.2 Å². The predicted octanol–water partition coefficient (Wildman–Crippen LogP) is 2.61. The number of nitro groups is 1. The fourth-order valence-electron chi connectivity index (χ4n) is 1.53. The minimum absolute atomic E-state index is 0.131. The van der Waals surface area contributed by atoms with E-state index in [1.165, 1.54) is 24.3 Å². The maximum Gasteiger partial charge on any atom is 0.298 e. The molecule has 5 nitrogen and oxygen atoms in total. The molecule has 0 atom stereocenters. The van der Waals surface area contributed by atoms with Crippen LogP contribution in [0.3, 0.4) is 0 Å². The third kappa shape index (κ3) is 2.08. The van der Waals surface area contributed by atoms with Crippen molar-refractivity contribution in [3.63, 3.8) is 0 Å². The molecule has 0 aliphatic carbocycles. The second kappa shape index (κ2) is 4.70. The Morgan fingerprint density at radius 2 is 2.06 bits per heavy atom. The van der Waals surface area contributed by atoms with E-state index in [0.29, 0.717) is 6.29 Å². The minimum Gasteiger partial charge on any atom is -0.298 e. The van der Waals surface area contributed by atoms with Gasteiger partial charge in [-0.25, -0.2) is 9.37 Å². The summed E-state index contributed by atoms with van der Waals surface area (Å²) in [5.74, 6) is -0.504. The molecule has 1 heterocycles. The smallest absolute Gasteiger partial charge is 0.298 e. The molecule has 0 unspecified atom stereocenters. The van der Waals surface area contributed by atoms with Crippen LogP contribution >= 0.6 is 0 Å². The summed E-state index contributed by atoms with van der Waals surface area (Å²) in [6.45, 7) is 0. The lowest BCUT2D eigenvalue weighted by Crippen LogP contribution is -1.97. The zero-order chi connectivity index (χ0) is 13.1. The van der Waals surface area contributed by atoms with Gasteiger partial charge in [-0.3, -0.25) is 14.9 Å². The van der Waals surface area contributed by atoms with Crippen molar-refractivity contribution in [1.82, 2.24) is 4.98 Å². The summed E-state index contributed by atoms with van der Waals surface area (Å²) in [6, 6.07) is 7.06. The zero-order valence-electron chi connectivity index (χ0n) is 9.04. The molecule has 0 spiro atoms. The molecule has 0 aliphatic rings. The molecule has 0 amide bonds. The van der Waals surface area contributed by atoms with Crippen LogP contribution in [0.2, 0.25) is 0 Å². The van der Waals surface area contributed by atoms with E-state index in [0.717, 1.165) is 6.20 Å². The van der Waals surface area contributed by atoms with Crippen LogP contribution in [0.25, 0.3) is 11.3 Å². The summed E-state index contributed by atoms with van der Waals surface area (Å²) in [7, 11) is 0. The summed E-state index contributed by atoms with van der Waals surface area (Å²) < 4.78 is 13.5. The first-order valence-electron chi connectivity index (χ1n) is 4.98. The van der Waals surface area contributed by atoms with Crippen molar-refractivity contribution >= 4 is 12.0 Å². The van der Waals surface area contributed by atoms with Gasteiger partial charge >= 0.3 is 0 Å². The summed E-state index contributed by atoms with van der Waals surface area (Å²) in [5, 5.41) is 10.6. The molecule has 18 heavy (non-hydrogen) atoms. The molecule has 0 bridgehead atoms. The van der Waals surface area contributed by atoms with E-state index < -0.39 is 16.4 Å². The number of carbonyl (C=O) groups is 1. The zero-order valence-corrected chi connectivity index (χ0v) is 9.04. The van der Waals surface area contributed by atoms with Gasteiger partial charge in [-0.1, -0.05) is 12.1 Å². The van der Waals surface area contributed by atoms with Crippen molar-refractivity contribution in [2.45, 2.75) is 0 Å². The lowest BCUT2D eigenvalue weighted by Gasteiger charge is -2.03. The number of hydrogen-bond donors (Lipinski definition) is 0. The third-order valence-electron chi connectivity index (χ3n) is 2.39. The van der Waals surface area contributed by atoms with Crippen molar-refractivity contribution in [2.75, 3.05) is 0 Å². The van der Waals surface area contributed by atoms with Gasteiger partial charge in [-0.05, 0) is 18.2 Å². The van der Waals surface area contributed by atoms with Crippen LogP contribution in [0.1, 0.15) is 10.4 Å². The Hall–Kier alpha value is -2.63. The highest BCUT2D eigenvalue weighted by molar-refractivity contribution is 5.83. The van der Waals surface area contributed by atoms with E-state index in [2.05, 4.69) is 4.98 Å². The standard InChI is InChI=1S/C12H7FN2O3/c13-10-4-2-1-3-9(10)11-5-8(7-16)12(6-14-11)15(17)18/h1-7H. The van der Waals surface area contributed by atoms with Crippen LogP contribution in [0.15, 0.2) is 36.5 Å². The van der Waals surface area contributed by atoms with Crippen molar-refractivity contribution in [1.29, 1.82) is 0 Å². The summed E-state index contributed by atoms with van der Waals surface area (Å²) in [4.78, 5) is 24.5. The molecule has 90 valence electrons. The summed E-state index contributed by atoms with van der Waals surface area (Å²) in [6.07, 6.45) is 1.30. The number of nitrogens with zero attached hydrogens (tertiary/aromatic N) is 2. The van der Waals surface area contributed by atoms with Gasteiger partial charge < -0.3 is 0 Å². The molecule has 0 N–H and O–H groups in total. The van der Waals surface area contributed by atoms with Crippen LogP contribution < -0.4 is 0 Å². The Morgan fingerprint density at radius 3 is 2.67 bits per heavy atom. The average molecular weight is 246 g/mol. The van der Waals surface area contributed by atoms with Gasteiger partial charge in [0, 0.05) is 5.56 Å². The summed E-state index contributed by atoms with van der Waals surface area (Å²) in [5.41, 5.74) is -0.158. The van der Waals surface area contributed by atoms with Crippen LogP contribution in [0.4, 0.5) is 10.1 Å². The Balaban J connectivity index is 2.58. The number of benzene rings is 1.